The number of morpholine rings is 1. The minimum absolute atomic E-state index is 0.556. The summed E-state index contributed by atoms with van der Waals surface area (Å²) in [5.41, 5.74) is 0. The second-order valence-corrected chi connectivity index (χ2v) is 5.40. The Hall–Kier alpha value is -0.650. The molecule has 4 aliphatic rings. The van der Waals surface area contributed by atoms with E-state index in [-0.39, 0.29) is 0 Å². The van der Waals surface area contributed by atoms with Gasteiger partial charge in [0.15, 0.2) is 6.10 Å². The molecule has 0 saturated carbocycles. The molecule has 2 bridgehead atoms. The van der Waals surface area contributed by atoms with Gasteiger partial charge in [-0.2, -0.15) is 0 Å². The van der Waals surface area contributed by atoms with Gasteiger partial charge in [-0.1, -0.05) is 0 Å². The third-order valence-corrected chi connectivity index (χ3v) is 4.46. The molecule has 4 aliphatic heterocycles. The average Bonchev–Trinajstić information content (AvgIpc) is 2.40. The van der Waals surface area contributed by atoms with Gasteiger partial charge in [-0.15, -0.1) is 0 Å². The topological polar surface area (TPSA) is 53.0 Å². The number of fused-ring (bicyclic) bond motifs is 3. The zero-order valence-electron chi connectivity index (χ0n) is 10.0. The van der Waals surface area contributed by atoms with Crippen LogP contribution in [0.1, 0.15) is 12.8 Å². The number of carboxylic acid groups (broad SMARTS) is 1. The van der Waals surface area contributed by atoms with Crippen molar-refractivity contribution < 1.29 is 14.6 Å². The van der Waals surface area contributed by atoms with Gasteiger partial charge in [0, 0.05) is 25.7 Å². The predicted molar refractivity (Wildman–Crippen MR) is 61.9 cm³/mol. The van der Waals surface area contributed by atoms with Gasteiger partial charge < -0.3 is 14.7 Å². The molecule has 0 spiro atoms. The van der Waals surface area contributed by atoms with Crippen LogP contribution in [0.15, 0.2) is 0 Å². The first-order chi connectivity index (χ1) is 8.24. The number of carboxylic acids is 1. The molecule has 4 fully saturated rings. The second-order valence-electron chi connectivity index (χ2n) is 5.40. The number of hydrogen-bond donors (Lipinski definition) is 1. The lowest BCUT2D eigenvalue weighted by molar-refractivity contribution is -0.159. The lowest BCUT2D eigenvalue weighted by atomic mass is 9.83. The first kappa shape index (κ1) is 11.4. The molecule has 2 unspecified atom stereocenters. The fraction of sp³-hybridized carbons (Fsp3) is 0.917. The maximum atomic E-state index is 11.0. The van der Waals surface area contributed by atoms with Crippen LogP contribution in [0.3, 0.4) is 0 Å². The van der Waals surface area contributed by atoms with Crippen molar-refractivity contribution >= 4 is 5.97 Å². The molecule has 2 atom stereocenters. The molecular formula is C12H20N2O3. The number of rotatable bonds is 2. The Kier molecular flexibility index (Phi) is 3.06. The fourth-order valence-electron chi connectivity index (χ4n) is 3.47. The van der Waals surface area contributed by atoms with Crippen molar-refractivity contribution in [3.8, 4) is 0 Å². The Morgan fingerprint density at radius 3 is 2.53 bits per heavy atom. The quantitative estimate of drug-likeness (QED) is 0.728. The standard InChI is InChI=1S/C12H20N2O3/c15-12(16)11-8-14(5-6-17-11)10-7-13-3-1-9(10)2-4-13/h9-11H,1-8H2,(H,15,16). The summed E-state index contributed by atoms with van der Waals surface area (Å²) < 4.78 is 5.29. The summed E-state index contributed by atoms with van der Waals surface area (Å²) in [4.78, 5) is 15.8. The molecule has 0 amide bonds. The van der Waals surface area contributed by atoms with E-state index in [4.69, 9.17) is 9.84 Å². The fourth-order valence-corrected chi connectivity index (χ4v) is 3.47. The zero-order chi connectivity index (χ0) is 11.8. The van der Waals surface area contributed by atoms with E-state index >= 15 is 0 Å². The van der Waals surface area contributed by atoms with Gasteiger partial charge in [0.05, 0.1) is 6.61 Å². The summed E-state index contributed by atoms with van der Waals surface area (Å²) in [6, 6.07) is 0.559. The van der Waals surface area contributed by atoms with E-state index in [0.717, 1.165) is 19.0 Å². The number of piperidine rings is 3. The number of nitrogens with zero attached hydrogens (tertiary/aromatic N) is 2. The van der Waals surface area contributed by atoms with E-state index in [1.165, 1.54) is 25.9 Å². The average molecular weight is 240 g/mol. The summed E-state index contributed by atoms with van der Waals surface area (Å²) in [6.07, 6.45) is 1.93. The first-order valence-corrected chi connectivity index (χ1v) is 6.55. The van der Waals surface area contributed by atoms with Crippen LogP contribution in [0.4, 0.5) is 0 Å². The molecule has 17 heavy (non-hydrogen) atoms. The minimum Gasteiger partial charge on any atom is -0.479 e. The number of aliphatic carboxylic acids is 1. The third kappa shape index (κ3) is 2.19. The van der Waals surface area contributed by atoms with Crippen molar-refractivity contribution in [2.24, 2.45) is 5.92 Å². The second kappa shape index (κ2) is 4.55. The van der Waals surface area contributed by atoms with E-state index in [1.807, 2.05) is 0 Å². The van der Waals surface area contributed by atoms with Crippen molar-refractivity contribution in [3.05, 3.63) is 0 Å². The highest BCUT2D eigenvalue weighted by atomic mass is 16.5. The maximum Gasteiger partial charge on any atom is 0.334 e. The Morgan fingerprint density at radius 2 is 1.94 bits per heavy atom. The van der Waals surface area contributed by atoms with Crippen molar-refractivity contribution in [2.45, 2.75) is 25.0 Å². The van der Waals surface area contributed by atoms with Crippen LogP contribution in [0.5, 0.6) is 0 Å². The monoisotopic (exact) mass is 240 g/mol. The van der Waals surface area contributed by atoms with E-state index in [1.54, 1.807) is 0 Å². The van der Waals surface area contributed by atoms with Crippen LogP contribution in [0.25, 0.3) is 0 Å². The van der Waals surface area contributed by atoms with E-state index < -0.39 is 12.1 Å². The van der Waals surface area contributed by atoms with Crippen LogP contribution in [0, 0.1) is 5.92 Å². The van der Waals surface area contributed by atoms with E-state index in [0.29, 0.717) is 19.2 Å². The molecule has 4 saturated heterocycles. The smallest absolute Gasteiger partial charge is 0.334 e. The van der Waals surface area contributed by atoms with Gasteiger partial charge in [-0.05, 0) is 31.8 Å². The largest absolute Gasteiger partial charge is 0.479 e. The molecule has 0 radical (unpaired) electrons. The van der Waals surface area contributed by atoms with Gasteiger partial charge in [0.1, 0.15) is 0 Å². The summed E-state index contributed by atoms with van der Waals surface area (Å²) in [5.74, 6) is -0.0523. The lowest BCUT2D eigenvalue weighted by Crippen LogP contribution is -2.61. The molecular weight excluding hydrogens is 220 g/mol. The Labute approximate surface area is 101 Å². The molecule has 0 aromatic heterocycles. The van der Waals surface area contributed by atoms with Crippen LogP contribution in [-0.2, 0) is 9.53 Å². The molecule has 0 aliphatic carbocycles. The summed E-state index contributed by atoms with van der Waals surface area (Å²) >= 11 is 0. The molecule has 96 valence electrons. The predicted octanol–water partition coefficient (Wildman–Crippen LogP) is -0.134. The molecule has 4 heterocycles. The number of hydrogen-bond acceptors (Lipinski definition) is 4. The number of carbonyl (C=O) groups is 1. The molecule has 5 nitrogen and oxygen atoms in total. The Morgan fingerprint density at radius 1 is 1.18 bits per heavy atom. The van der Waals surface area contributed by atoms with Gasteiger partial charge in [-0.3, -0.25) is 4.90 Å². The summed E-state index contributed by atoms with van der Waals surface area (Å²) in [7, 11) is 0. The van der Waals surface area contributed by atoms with Crippen LogP contribution in [0.2, 0.25) is 0 Å². The SMILES string of the molecule is O=C(O)C1CN(C2CN3CCC2CC3)CCO1. The summed E-state index contributed by atoms with van der Waals surface area (Å²) in [5, 5.41) is 9.02. The van der Waals surface area contributed by atoms with Gasteiger partial charge >= 0.3 is 5.97 Å². The van der Waals surface area contributed by atoms with Crippen LogP contribution in [-0.4, -0.2) is 72.4 Å². The zero-order valence-corrected chi connectivity index (χ0v) is 10.0. The van der Waals surface area contributed by atoms with Gasteiger partial charge in [-0.25, -0.2) is 4.79 Å². The Balaban J connectivity index is 1.65. The third-order valence-electron chi connectivity index (χ3n) is 4.46. The van der Waals surface area contributed by atoms with Gasteiger partial charge in [0.2, 0.25) is 0 Å². The van der Waals surface area contributed by atoms with Crippen molar-refractivity contribution in [1.82, 2.24) is 9.80 Å². The van der Waals surface area contributed by atoms with Crippen LogP contribution >= 0.6 is 0 Å². The minimum atomic E-state index is -0.823. The lowest BCUT2D eigenvalue weighted by Gasteiger charge is -2.50. The van der Waals surface area contributed by atoms with Crippen molar-refractivity contribution in [2.75, 3.05) is 39.3 Å². The molecule has 5 heteroatoms. The van der Waals surface area contributed by atoms with Crippen molar-refractivity contribution in [1.29, 1.82) is 0 Å². The summed E-state index contributed by atoms with van der Waals surface area (Å²) in [6.45, 7) is 5.59. The highest BCUT2D eigenvalue weighted by Crippen LogP contribution is 2.31. The van der Waals surface area contributed by atoms with Crippen LogP contribution < -0.4 is 0 Å². The molecule has 4 rings (SSSR count). The van der Waals surface area contributed by atoms with E-state index in [9.17, 15) is 4.79 Å². The highest BCUT2D eigenvalue weighted by Gasteiger charge is 2.40. The van der Waals surface area contributed by atoms with Gasteiger partial charge in [0.25, 0.3) is 0 Å². The normalized spacial score (nSPS) is 42.6. The molecule has 1 N–H and O–H groups in total. The highest BCUT2D eigenvalue weighted by molar-refractivity contribution is 5.72. The molecule has 0 aromatic carbocycles. The first-order valence-electron chi connectivity index (χ1n) is 6.55. The Bertz CT molecular complexity index is 302. The maximum absolute atomic E-state index is 11.0. The number of ether oxygens (including phenoxy) is 1. The van der Waals surface area contributed by atoms with Crippen molar-refractivity contribution in [3.63, 3.8) is 0 Å². The van der Waals surface area contributed by atoms with E-state index in [2.05, 4.69) is 9.80 Å². The molecule has 0 aromatic rings.